The van der Waals surface area contributed by atoms with Gasteiger partial charge >= 0.3 is 0 Å². The van der Waals surface area contributed by atoms with Crippen LogP contribution in [-0.4, -0.2) is 13.1 Å². The molecular weight excluding hydrogens is 312 g/mol. The maximum atomic E-state index is 9.37. The summed E-state index contributed by atoms with van der Waals surface area (Å²) in [6.07, 6.45) is 3.88. The highest BCUT2D eigenvalue weighted by Gasteiger charge is 2.13. The molecule has 2 rings (SSSR count). The maximum absolute atomic E-state index is 9.37. The monoisotopic (exact) mass is 326 g/mol. The van der Waals surface area contributed by atoms with Gasteiger partial charge in [-0.2, -0.15) is 5.26 Å². The van der Waals surface area contributed by atoms with Crippen LogP contribution in [0.4, 0.5) is 5.69 Å². The number of nitrogens with zero attached hydrogens (tertiary/aromatic N) is 2. The van der Waals surface area contributed by atoms with Crippen LogP contribution in [0.3, 0.4) is 0 Å². The second-order valence-electron chi connectivity index (χ2n) is 4.41. The van der Waals surface area contributed by atoms with E-state index in [1.54, 1.807) is 0 Å². The molecule has 0 saturated heterocycles. The number of rotatable bonds is 4. The van der Waals surface area contributed by atoms with Crippen LogP contribution in [0.1, 0.15) is 5.56 Å². The molecule has 1 unspecified atom stereocenters. The summed E-state index contributed by atoms with van der Waals surface area (Å²) in [5.41, 5.74) is 2.09. The van der Waals surface area contributed by atoms with Gasteiger partial charge in [0.2, 0.25) is 0 Å². The molecule has 2 aromatic rings. The number of hydrogen-bond donors (Lipinski definition) is 0. The molecule has 0 aliphatic rings. The summed E-state index contributed by atoms with van der Waals surface area (Å²) in [4.78, 5) is 1.95. The zero-order valence-corrected chi connectivity index (χ0v) is 12.8. The third kappa shape index (κ3) is 3.49. The number of halogens is 1. The van der Waals surface area contributed by atoms with Crippen LogP contribution in [0.25, 0.3) is 6.08 Å². The molecule has 0 bridgehead atoms. The van der Waals surface area contributed by atoms with E-state index in [9.17, 15) is 5.26 Å². The first kappa shape index (κ1) is 14.4. The van der Waals surface area contributed by atoms with Crippen molar-refractivity contribution in [3.63, 3.8) is 0 Å². The van der Waals surface area contributed by atoms with E-state index in [1.165, 1.54) is 0 Å². The topological polar surface area (TPSA) is 27.0 Å². The summed E-state index contributed by atoms with van der Waals surface area (Å²) < 4.78 is 0.982. The molecule has 0 heterocycles. The fraction of sp³-hybridized carbons (Fsp3) is 0.118. The van der Waals surface area contributed by atoms with Crippen molar-refractivity contribution in [1.82, 2.24) is 0 Å². The minimum absolute atomic E-state index is 0.311. The van der Waals surface area contributed by atoms with Gasteiger partial charge in [0.1, 0.15) is 6.04 Å². The molecule has 0 spiro atoms. The lowest BCUT2D eigenvalue weighted by atomic mass is 10.1. The number of likely N-dealkylation sites (N-methyl/N-ethyl adjacent to an activating group) is 1. The Kier molecular flexibility index (Phi) is 4.97. The van der Waals surface area contributed by atoms with Crippen molar-refractivity contribution in [2.24, 2.45) is 0 Å². The van der Waals surface area contributed by atoms with Crippen molar-refractivity contribution < 1.29 is 0 Å². The van der Waals surface area contributed by atoms with E-state index < -0.39 is 0 Å². The van der Waals surface area contributed by atoms with Crippen molar-refractivity contribution in [1.29, 1.82) is 5.26 Å². The van der Waals surface area contributed by atoms with Gasteiger partial charge in [-0.1, -0.05) is 48.5 Å². The minimum Gasteiger partial charge on any atom is -0.355 e. The van der Waals surface area contributed by atoms with Crippen LogP contribution in [0, 0.1) is 11.3 Å². The van der Waals surface area contributed by atoms with Gasteiger partial charge in [-0.15, -0.1) is 0 Å². The van der Waals surface area contributed by atoms with E-state index in [-0.39, 0.29) is 6.04 Å². The summed E-state index contributed by atoms with van der Waals surface area (Å²) in [6.45, 7) is 0. The first-order valence-electron chi connectivity index (χ1n) is 6.32. The van der Waals surface area contributed by atoms with Crippen molar-refractivity contribution >= 4 is 27.7 Å². The molecule has 2 aromatic carbocycles. The van der Waals surface area contributed by atoms with Crippen LogP contribution < -0.4 is 4.90 Å². The highest BCUT2D eigenvalue weighted by atomic mass is 79.9. The van der Waals surface area contributed by atoms with Gasteiger partial charge in [0.05, 0.1) is 11.8 Å². The van der Waals surface area contributed by atoms with Crippen LogP contribution >= 0.6 is 15.9 Å². The normalized spacial score (nSPS) is 12.1. The Balaban J connectivity index is 2.19. The molecule has 0 radical (unpaired) electrons. The predicted molar refractivity (Wildman–Crippen MR) is 87.4 cm³/mol. The van der Waals surface area contributed by atoms with Crippen molar-refractivity contribution in [2.45, 2.75) is 6.04 Å². The van der Waals surface area contributed by atoms with Gasteiger partial charge in [0, 0.05) is 11.5 Å². The first-order chi connectivity index (χ1) is 9.72. The van der Waals surface area contributed by atoms with E-state index in [0.717, 1.165) is 15.7 Å². The van der Waals surface area contributed by atoms with E-state index in [4.69, 9.17) is 0 Å². The summed E-state index contributed by atoms with van der Waals surface area (Å²) in [6, 6.07) is 19.9. The molecule has 0 aliphatic heterocycles. The maximum Gasteiger partial charge on any atom is 0.135 e. The highest BCUT2D eigenvalue weighted by Crippen LogP contribution is 2.26. The standard InChI is InChI=1S/C17H15BrN2/c1-20(17-10-6-5-9-16(17)18)15(13-19)12-11-14-7-3-2-4-8-14/h2-12,15H,1H3/b12-11+. The van der Waals surface area contributed by atoms with E-state index in [1.807, 2.05) is 78.7 Å². The number of hydrogen-bond acceptors (Lipinski definition) is 2. The fourth-order valence-electron chi connectivity index (χ4n) is 1.91. The Bertz CT molecular complexity index is 629. The fourth-order valence-corrected chi connectivity index (χ4v) is 2.48. The summed E-state index contributed by atoms with van der Waals surface area (Å²) >= 11 is 3.52. The van der Waals surface area contributed by atoms with Gasteiger partial charge < -0.3 is 4.90 Å². The van der Waals surface area contributed by atoms with Crippen molar-refractivity contribution in [3.8, 4) is 6.07 Å². The Hall–Kier alpha value is -2.05. The van der Waals surface area contributed by atoms with E-state index >= 15 is 0 Å². The van der Waals surface area contributed by atoms with Crippen molar-refractivity contribution in [2.75, 3.05) is 11.9 Å². The lowest BCUT2D eigenvalue weighted by Crippen LogP contribution is -2.28. The first-order valence-corrected chi connectivity index (χ1v) is 7.12. The quantitative estimate of drug-likeness (QED) is 0.827. The number of anilines is 1. The van der Waals surface area contributed by atoms with E-state index in [0.29, 0.717) is 0 Å². The van der Waals surface area contributed by atoms with Crippen LogP contribution in [0.5, 0.6) is 0 Å². The van der Waals surface area contributed by atoms with E-state index in [2.05, 4.69) is 22.0 Å². The van der Waals surface area contributed by atoms with Gasteiger partial charge in [-0.05, 0) is 39.7 Å². The smallest absolute Gasteiger partial charge is 0.135 e. The van der Waals surface area contributed by atoms with Crippen LogP contribution in [-0.2, 0) is 0 Å². The van der Waals surface area contributed by atoms with Gasteiger partial charge in [0.15, 0.2) is 0 Å². The molecule has 100 valence electrons. The van der Waals surface area contributed by atoms with Gasteiger partial charge in [-0.3, -0.25) is 0 Å². The van der Waals surface area contributed by atoms with Crippen molar-refractivity contribution in [3.05, 3.63) is 70.7 Å². The molecular formula is C17H15BrN2. The van der Waals surface area contributed by atoms with Crippen LogP contribution in [0.15, 0.2) is 65.1 Å². The molecule has 0 N–H and O–H groups in total. The average Bonchev–Trinajstić information content (AvgIpc) is 2.49. The largest absolute Gasteiger partial charge is 0.355 e. The lowest BCUT2D eigenvalue weighted by molar-refractivity contribution is 0.904. The number of benzene rings is 2. The second-order valence-corrected chi connectivity index (χ2v) is 5.26. The predicted octanol–water partition coefficient (Wildman–Crippen LogP) is 4.49. The Morgan fingerprint density at radius 2 is 1.75 bits per heavy atom. The second kappa shape index (κ2) is 6.93. The van der Waals surface area contributed by atoms with Crippen LogP contribution in [0.2, 0.25) is 0 Å². The van der Waals surface area contributed by atoms with Gasteiger partial charge in [0.25, 0.3) is 0 Å². The molecule has 1 atom stereocenters. The summed E-state index contributed by atoms with van der Waals surface area (Å²) in [5.74, 6) is 0. The Morgan fingerprint density at radius 1 is 1.10 bits per heavy atom. The Morgan fingerprint density at radius 3 is 2.40 bits per heavy atom. The average molecular weight is 327 g/mol. The summed E-state index contributed by atoms with van der Waals surface area (Å²) in [5, 5.41) is 9.37. The third-order valence-electron chi connectivity index (χ3n) is 3.05. The third-order valence-corrected chi connectivity index (χ3v) is 3.72. The molecule has 0 aliphatic carbocycles. The zero-order chi connectivity index (χ0) is 14.4. The number of para-hydroxylation sites is 1. The zero-order valence-electron chi connectivity index (χ0n) is 11.2. The Labute approximate surface area is 128 Å². The summed E-state index contributed by atoms with van der Waals surface area (Å²) in [7, 11) is 1.92. The lowest BCUT2D eigenvalue weighted by Gasteiger charge is -2.23. The highest BCUT2D eigenvalue weighted by molar-refractivity contribution is 9.10. The molecule has 0 amide bonds. The SMILES string of the molecule is CN(c1ccccc1Br)C(C#N)/C=C/c1ccccc1. The molecule has 0 saturated carbocycles. The van der Waals surface area contributed by atoms with Gasteiger partial charge in [-0.25, -0.2) is 0 Å². The minimum atomic E-state index is -0.311. The molecule has 3 heteroatoms. The molecule has 0 aromatic heterocycles. The molecule has 2 nitrogen and oxygen atoms in total. The molecule has 20 heavy (non-hydrogen) atoms. The molecule has 0 fully saturated rings. The number of nitriles is 1.